The molecule has 2 saturated heterocycles. The average Bonchev–Trinajstić information content (AvgIpc) is 3.36. The van der Waals surface area contributed by atoms with Gasteiger partial charge in [0, 0.05) is 68.0 Å². The minimum Gasteiger partial charge on any atom is -0.394 e. The van der Waals surface area contributed by atoms with Gasteiger partial charge >= 0.3 is 0 Å². The summed E-state index contributed by atoms with van der Waals surface area (Å²) in [4.78, 5) is 98.7. The second kappa shape index (κ2) is 32.0. The molecule has 0 saturated carbocycles. The van der Waals surface area contributed by atoms with Crippen LogP contribution in [0, 0.1) is 0 Å². The molecule has 1 aromatic rings. The fourth-order valence-electron chi connectivity index (χ4n) is 7.74. The van der Waals surface area contributed by atoms with E-state index in [1.54, 1.807) is 30.3 Å². The lowest BCUT2D eigenvalue weighted by Gasteiger charge is -2.42. The Labute approximate surface area is 423 Å². The van der Waals surface area contributed by atoms with E-state index in [1.165, 1.54) is 49.9 Å². The summed E-state index contributed by atoms with van der Waals surface area (Å²) in [5.74, 6) is -4.08. The summed E-state index contributed by atoms with van der Waals surface area (Å²) in [7, 11) is 5.55. The highest BCUT2D eigenvalue weighted by molar-refractivity contribution is 5.92. The number of aliphatic hydroxyl groups is 8. The van der Waals surface area contributed by atoms with Gasteiger partial charge in [-0.15, -0.1) is 0 Å². The van der Waals surface area contributed by atoms with Crippen molar-refractivity contribution >= 4 is 35.4 Å². The lowest BCUT2D eigenvalue weighted by atomic mass is 9.98. The molecule has 10 atom stereocenters. The molecule has 0 unspecified atom stereocenters. The molecule has 1 aromatic carbocycles. The van der Waals surface area contributed by atoms with Gasteiger partial charge in [-0.25, -0.2) is 0 Å². The first-order valence-corrected chi connectivity index (χ1v) is 23.7. The molecule has 28 nitrogen and oxygen atoms in total. The van der Waals surface area contributed by atoms with Gasteiger partial charge in [-0.3, -0.25) is 38.4 Å². The van der Waals surface area contributed by atoms with E-state index in [9.17, 15) is 69.6 Å². The third-order valence-corrected chi connectivity index (χ3v) is 12.0. The summed E-state index contributed by atoms with van der Waals surface area (Å²) in [6.07, 6.45) is -14.9. The van der Waals surface area contributed by atoms with Gasteiger partial charge in [0.2, 0.25) is 35.4 Å². The van der Waals surface area contributed by atoms with Crippen molar-refractivity contribution in [1.82, 2.24) is 34.6 Å². The quantitative estimate of drug-likeness (QED) is 0.0239. The predicted octanol–water partition coefficient (Wildman–Crippen LogP) is -6.77. The molecule has 2 heterocycles. The number of nitrogens with zero attached hydrogens (tertiary/aromatic N) is 7. The van der Waals surface area contributed by atoms with E-state index in [-0.39, 0.29) is 72.0 Å². The van der Waals surface area contributed by atoms with Crippen molar-refractivity contribution in [2.75, 3.05) is 127 Å². The fraction of sp³-hybridized carbons (Fsp3) is 0.733. The van der Waals surface area contributed by atoms with Crippen LogP contribution in [0.2, 0.25) is 0 Å². The molecule has 10 N–H and O–H groups in total. The zero-order valence-corrected chi connectivity index (χ0v) is 42.1. The molecule has 0 spiro atoms. The third kappa shape index (κ3) is 19.6. The van der Waals surface area contributed by atoms with Crippen LogP contribution in [0.5, 0.6) is 0 Å². The van der Waals surface area contributed by atoms with Crippen LogP contribution < -0.4 is 5.73 Å². The number of ether oxygens (including phenoxy) is 4. The van der Waals surface area contributed by atoms with Crippen molar-refractivity contribution in [3.8, 4) is 0 Å². The van der Waals surface area contributed by atoms with Crippen LogP contribution in [-0.2, 0) is 63.9 Å². The number of methoxy groups -OCH3 is 2. The van der Waals surface area contributed by atoms with Gasteiger partial charge in [0.1, 0.15) is 55.4 Å². The van der Waals surface area contributed by atoms with Gasteiger partial charge < -0.3 is 90.0 Å². The Hall–Kier alpha value is -4.60. The average molecular weight is 1050 g/mol. The van der Waals surface area contributed by atoms with Gasteiger partial charge in [0.05, 0.1) is 65.8 Å². The van der Waals surface area contributed by atoms with E-state index in [2.05, 4.69) is 0 Å². The number of primary amides is 1. The smallest absolute Gasteiger partial charge is 0.242 e. The number of aliphatic hydroxyl groups excluding tert-OH is 8. The molecule has 28 heteroatoms. The first-order valence-electron chi connectivity index (χ1n) is 23.7. The number of likely N-dealkylation sites (N-methyl/N-ethyl adjacent to an activating group) is 2. The Bertz CT molecular complexity index is 1860. The summed E-state index contributed by atoms with van der Waals surface area (Å²) in [6.45, 7) is -3.57. The maximum atomic E-state index is 14.5. The van der Waals surface area contributed by atoms with Crippen LogP contribution in [-0.4, -0.2) is 299 Å². The number of benzene rings is 1. The SMILES string of the molecule is COCCN(CC(=O)N(CCCON(C)[C@@H]1O[C@H](CO)[C@@H](O)[C@H](O)[C@H]1O)CC(=O)N(CC(=O)N(CCCON(C)[C@@H]1O[C@H](CO)[C@@H](O)[C@H](O)[C@H]1O)CC(=O)N(CCOC)CC(N)=O)Cc1ccccc1)C(C)=O. The molecule has 0 radical (unpaired) electrons. The molecule has 2 fully saturated rings. The molecule has 0 bridgehead atoms. The Morgan fingerprint density at radius 3 is 1.32 bits per heavy atom. The lowest BCUT2D eigenvalue weighted by molar-refractivity contribution is -0.327. The fourth-order valence-corrected chi connectivity index (χ4v) is 7.74. The van der Waals surface area contributed by atoms with Crippen molar-refractivity contribution < 1.29 is 98.2 Å². The molecular formula is C45H76N8O20. The largest absolute Gasteiger partial charge is 0.394 e. The Morgan fingerprint density at radius 2 is 0.918 bits per heavy atom. The molecule has 3 rings (SSSR count). The summed E-state index contributed by atoms with van der Waals surface area (Å²) in [6, 6.07) is 8.59. The number of hydroxylamine groups is 4. The van der Waals surface area contributed by atoms with Crippen molar-refractivity contribution in [2.24, 2.45) is 5.73 Å². The van der Waals surface area contributed by atoms with Gasteiger partial charge in [-0.2, -0.15) is 10.1 Å². The first kappa shape index (κ1) is 62.7. The summed E-state index contributed by atoms with van der Waals surface area (Å²) < 4.78 is 21.3. The van der Waals surface area contributed by atoms with Crippen LogP contribution in [0.1, 0.15) is 25.3 Å². The Morgan fingerprint density at radius 1 is 0.534 bits per heavy atom. The minimum atomic E-state index is -1.68. The van der Waals surface area contributed by atoms with Crippen LogP contribution in [0.15, 0.2) is 30.3 Å². The topological polar surface area (TPSA) is 368 Å². The maximum Gasteiger partial charge on any atom is 0.242 e. The van der Waals surface area contributed by atoms with Gasteiger partial charge in [-0.05, 0) is 18.4 Å². The minimum absolute atomic E-state index is 0.0208. The van der Waals surface area contributed by atoms with Crippen LogP contribution >= 0.6 is 0 Å². The number of nitrogens with two attached hydrogens (primary N) is 1. The normalized spacial score (nSPS) is 24.0. The highest BCUT2D eigenvalue weighted by Crippen LogP contribution is 2.25. The summed E-state index contributed by atoms with van der Waals surface area (Å²) >= 11 is 0. The molecule has 0 aromatic heterocycles. The van der Waals surface area contributed by atoms with Crippen molar-refractivity contribution in [1.29, 1.82) is 0 Å². The van der Waals surface area contributed by atoms with E-state index in [4.69, 9.17) is 34.4 Å². The molecule has 6 amide bonds. The second-order valence-electron chi connectivity index (χ2n) is 17.5. The summed E-state index contributed by atoms with van der Waals surface area (Å²) in [5.41, 5.74) is 6.03. The van der Waals surface area contributed by atoms with E-state index in [1.807, 2.05) is 0 Å². The summed E-state index contributed by atoms with van der Waals surface area (Å²) in [5, 5.41) is 83.4. The number of carbonyl (C=O) groups is 6. The molecule has 0 aliphatic carbocycles. The number of amides is 6. The number of hydrogen-bond donors (Lipinski definition) is 9. The zero-order chi connectivity index (χ0) is 54.4. The number of rotatable bonds is 32. The van der Waals surface area contributed by atoms with E-state index < -0.39 is 143 Å². The van der Waals surface area contributed by atoms with E-state index in [0.29, 0.717) is 5.56 Å². The van der Waals surface area contributed by atoms with Crippen molar-refractivity contribution in [3.63, 3.8) is 0 Å². The van der Waals surface area contributed by atoms with Crippen LogP contribution in [0.25, 0.3) is 0 Å². The zero-order valence-electron chi connectivity index (χ0n) is 42.1. The van der Waals surface area contributed by atoms with Crippen LogP contribution in [0.4, 0.5) is 0 Å². The lowest BCUT2D eigenvalue weighted by Crippen LogP contribution is -2.62. The molecule has 2 aliphatic heterocycles. The monoisotopic (exact) mass is 1050 g/mol. The molecule has 416 valence electrons. The van der Waals surface area contributed by atoms with Crippen LogP contribution in [0.3, 0.4) is 0 Å². The van der Waals surface area contributed by atoms with Gasteiger partial charge in [-0.1, -0.05) is 30.3 Å². The van der Waals surface area contributed by atoms with Crippen molar-refractivity contribution in [3.05, 3.63) is 35.9 Å². The molecule has 2 aliphatic rings. The highest BCUT2D eigenvalue weighted by atomic mass is 16.7. The molecule has 73 heavy (non-hydrogen) atoms. The van der Waals surface area contributed by atoms with Gasteiger partial charge in [0.25, 0.3) is 0 Å². The number of carbonyl (C=O) groups excluding carboxylic acids is 6. The Kier molecular flexibility index (Phi) is 27.5. The van der Waals surface area contributed by atoms with E-state index in [0.717, 1.165) is 19.9 Å². The first-order chi connectivity index (χ1) is 34.7. The maximum absolute atomic E-state index is 14.5. The van der Waals surface area contributed by atoms with Crippen molar-refractivity contribution in [2.45, 2.75) is 87.6 Å². The van der Waals surface area contributed by atoms with E-state index >= 15 is 0 Å². The third-order valence-electron chi connectivity index (χ3n) is 12.0. The van der Waals surface area contributed by atoms with Gasteiger partial charge in [0.15, 0.2) is 12.5 Å². The standard InChI is InChI=1S/C45H76N8O20/c1-29(56)49(15-19-68-4)23-34(58)51(14-10-18-71-48(3)45-43(67)41(65)39(63)32(28-55)73-45)25-37(61)53(21-30-11-7-6-8-12-30)26-36(60)50(24-35(59)52(16-20-69-5)22-33(46)57)13-9-17-70-47(2)44-42(66)40(64)38(62)31(27-54)72-44/h6-8,11-12,31-32,38-45,54-55,62-67H,9-10,13-28H2,1-5H3,(H2,46,57)/t31-,32-,38-,39-,40+,41+,42-,43-,44-,45-/m1/s1. The second-order valence-corrected chi connectivity index (χ2v) is 17.5. The highest BCUT2D eigenvalue weighted by Gasteiger charge is 2.46. The predicted molar refractivity (Wildman–Crippen MR) is 251 cm³/mol. The Balaban J connectivity index is 1.89. The molecular weight excluding hydrogens is 973 g/mol. The number of hydrogen-bond acceptors (Lipinski definition) is 22.